The van der Waals surface area contributed by atoms with Crippen LogP contribution in [0.25, 0.3) is 33.3 Å². The normalized spacial score (nSPS) is 12.1. The smallest absolute Gasteiger partial charge is 0.305 e. The van der Waals surface area contributed by atoms with Gasteiger partial charge in [0.1, 0.15) is 16.9 Å². The van der Waals surface area contributed by atoms with Gasteiger partial charge in [-0.25, -0.2) is 4.98 Å². The van der Waals surface area contributed by atoms with Gasteiger partial charge >= 0.3 is 5.97 Å². The number of hydrogen-bond acceptors (Lipinski definition) is 5. The predicted octanol–water partition coefficient (Wildman–Crippen LogP) is 3.93. The summed E-state index contributed by atoms with van der Waals surface area (Å²) < 4.78 is 11.2. The summed E-state index contributed by atoms with van der Waals surface area (Å²) in [6.45, 7) is 5.98. The number of ether oxygens (including phenoxy) is 1. The van der Waals surface area contributed by atoms with Gasteiger partial charge in [0.25, 0.3) is 0 Å². The molecule has 0 saturated heterocycles. The van der Waals surface area contributed by atoms with E-state index in [1.54, 1.807) is 0 Å². The van der Waals surface area contributed by atoms with Crippen LogP contribution in [0, 0.1) is 0 Å². The van der Waals surface area contributed by atoms with Crippen LogP contribution in [0.15, 0.2) is 57.9 Å². The molecular formula is C25H28N3O3+. The highest BCUT2D eigenvalue weighted by Crippen LogP contribution is 2.32. The van der Waals surface area contributed by atoms with E-state index in [1.165, 1.54) is 11.1 Å². The van der Waals surface area contributed by atoms with Gasteiger partial charge in [0.15, 0.2) is 11.3 Å². The molecule has 31 heavy (non-hydrogen) atoms. The molecule has 0 aromatic heterocycles. The van der Waals surface area contributed by atoms with Gasteiger partial charge in [-0.3, -0.25) is 9.79 Å². The maximum atomic E-state index is 11.5. The third kappa shape index (κ3) is 4.75. The van der Waals surface area contributed by atoms with Gasteiger partial charge in [-0.1, -0.05) is 25.1 Å². The van der Waals surface area contributed by atoms with E-state index in [2.05, 4.69) is 41.5 Å². The number of hydrogen-bond donors (Lipinski definition) is 1. The summed E-state index contributed by atoms with van der Waals surface area (Å²) in [7, 11) is 0. The first-order valence-electron chi connectivity index (χ1n) is 10.9. The molecule has 160 valence electrons. The van der Waals surface area contributed by atoms with Crippen molar-refractivity contribution in [2.45, 2.75) is 33.1 Å². The highest BCUT2D eigenvalue weighted by Gasteiger charge is 2.15. The maximum Gasteiger partial charge on any atom is 0.305 e. The number of esters is 1. The first kappa shape index (κ1) is 21.0. The average Bonchev–Trinajstić information content (AvgIpc) is 2.79. The minimum atomic E-state index is -0.176. The first-order valence-corrected chi connectivity index (χ1v) is 10.9. The largest absolute Gasteiger partial charge is 0.466 e. The first-order chi connectivity index (χ1) is 15.2. The van der Waals surface area contributed by atoms with Crippen molar-refractivity contribution in [3.63, 3.8) is 0 Å². The Morgan fingerprint density at radius 2 is 1.97 bits per heavy atom. The molecule has 0 atom stereocenters. The fourth-order valence-electron chi connectivity index (χ4n) is 3.70. The van der Waals surface area contributed by atoms with Crippen molar-refractivity contribution in [3.05, 3.63) is 53.9 Å². The fraction of sp³-hybridized carbons (Fsp3) is 0.320. The molecule has 0 fully saturated rings. The van der Waals surface area contributed by atoms with Gasteiger partial charge in [-0.15, -0.1) is 0 Å². The summed E-state index contributed by atoms with van der Waals surface area (Å²) in [6.07, 6.45) is 2.14. The Morgan fingerprint density at radius 1 is 1.13 bits per heavy atom. The lowest BCUT2D eigenvalue weighted by Gasteiger charge is -2.10. The molecular weight excluding hydrogens is 390 g/mol. The predicted molar refractivity (Wildman–Crippen MR) is 121 cm³/mol. The number of fused-ring (bicyclic) bond motifs is 4. The molecule has 0 saturated carbocycles. The van der Waals surface area contributed by atoms with E-state index in [4.69, 9.17) is 14.1 Å². The van der Waals surface area contributed by atoms with E-state index in [9.17, 15) is 4.79 Å². The third-order valence-corrected chi connectivity index (χ3v) is 5.20. The van der Waals surface area contributed by atoms with Crippen LogP contribution >= 0.6 is 0 Å². The lowest BCUT2D eigenvalue weighted by atomic mass is 10.1. The van der Waals surface area contributed by atoms with E-state index in [1.807, 2.05) is 31.2 Å². The van der Waals surface area contributed by atoms with Gasteiger partial charge < -0.3 is 14.5 Å². The molecule has 1 aliphatic carbocycles. The molecule has 2 aromatic carbocycles. The molecule has 0 amide bonds. The minimum Gasteiger partial charge on any atom is -0.466 e. The standard InChI is InChI=1S/C25H27N3O3/c1-3-13-27-21-16-23-25(19-9-6-5-8-18(19)21)28-20-12-11-17(15-22(20)31-23)26-14-7-10-24(29)30-4-2/h5-6,8-9,11-12,15-16,27H,3-4,7,10,13-14H2,1-2H3/p+1. The van der Waals surface area contributed by atoms with Crippen molar-refractivity contribution in [1.82, 2.24) is 4.98 Å². The Kier molecular flexibility index (Phi) is 6.57. The molecule has 0 spiro atoms. The van der Waals surface area contributed by atoms with Crippen LogP contribution in [0.3, 0.4) is 0 Å². The topological polar surface area (TPSA) is 81.3 Å². The molecule has 0 radical (unpaired) electrons. The van der Waals surface area contributed by atoms with Crippen molar-refractivity contribution in [3.8, 4) is 11.5 Å². The molecule has 1 aliphatic heterocycles. The van der Waals surface area contributed by atoms with E-state index in [0.717, 1.165) is 40.5 Å². The molecule has 2 aromatic rings. The van der Waals surface area contributed by atoms with Crippen molar-refractivity contribution >= 4 is 33.5 Å². The van der Waals surface area contributed by atoms with Crippen molar-refractivity contribution in [2.75, 3.05) is 19.7 Å². The van der Waals surface area contributed by atoms with Crippen LogP contribution in [0.2, 0.25) is 0 Å². The zero-order valence-corrected chi connectivity index (χ0v) is 18.1. The van der Waals surface area contributed by atoms with Crippen LogP contribution in [0.4, 0.5) is 5.69 Å². The van der Waals surface area contributed by atoms with E-state index < -0.39 is 0 Å². The van der Waals surface area contributed by atoms with Crippen molar-refractivity contribution < 1.29 is 19.3 Å². The monoisotopic (exact) mass is 418 g/mol. The Balaban J connectivity index is 1.69. The quantitative estimate of drug-likeness (QED) is 0.155. The highest BCUT2D eigenvalue weighted by molar-refractivity contribution is 6.08. The Morgan fingerprint density at radius 3 is 2.77 bits per heavy atom. The Labute approximate surface area is 181 Å². The highest BCUT2D eigenvalue weighted by atomic mass is 16.5. The lowest BCUT2D eigenvalue weighted by Crippen LogP contribution is -2.77. The molecule has 2 N–H and O–H groups in total. The van der Waals surface area contributed by atoms with E-state index >= 15 is 0 Å². The fourth-order valence-corrected chi connectivity index (χ4v) is 3.70. The minimum absolute atomic E-state index is 0.176. The summed E-state index contributed by atoms with van der Waals surface area (Å²) >= 11 is 0. The zero-order valence-electron chi connectivity index (χ0n) is 18.1. The molecule has 4 rings (SSSR count). The van der Waals surface area contributed by atoms with Crippen LogP contribution < -0.4 is 10.7 Å². The van der Waals surface area contributed by atoms with Gasteiger partial charge in [0.05, 0.1) is 18.5 Å². The summed E-state index contributed by atoms with van der Waals surface area (Å²) in [5.41, 5.74) is 3.62. The number of rotatable bonds is 8. The molecule has 6 nitrogen and oxygen atoms in total. The summed E-state index contributed by atoms with van der Waals surface area (Å²) in [6, 6.07) is 16.2. The number of nitrogens with two attached hydrogens (primary N) is 1. The van der Waals surface area contributed by atoms with Gasteiger partial charge in [0, 0.05) is 35.9 Å². The number of carbonyl (C=O) groups excluding carboxylic acids is 1. The molecule has 6 heteroatoms. The molecule has 0 unspecified atom stereocenters. The van der Waals surface area contributed by atoms with Crippen molar-refractivity contribution in [1.29, 1.82) is 0 Å². The number of quaternary nitrogens is 1. The number of benzene rings is 3. The van der Waals surface area contributed by atoms with Crippen molar-refractivity contribution in [2.24, 2.45) is 4.99 Å². The van der Waals surface area contributed by atoms with Crippen LogP contribution in [-0.4, -0.2) is 30.6 Å². The molecule has 2 aliphatic rings. The Bertz CT molecular complexity index is 1250. The van der Waals surface area contributed by atoms with Gasteiger partial charge in [0.2, 0.25) is 0 Å². The second-order valence-corrected chi connectivity index (χ2v) is 7.51. The van der Waals surface area contributed by atoms with E-state index in [-0.39, 0.29) is 5.97 Å². The molecule has 1 heterocycles. The van der Waals surface area contributed by atoms with Crippen LogP contribution in [-0.2, 0) is 9.53 Å². The SMILES string of the molecule is CCC[NH2+]c1cc2oc3cc(=NCCCC(=O)OCC)ccc-3nc2c2ccccc12. The van der Waals surface area contributed by atoms with Gasteiger partial charge in [-0.05, 0) is 38.0 Å². The Hall–Kier alpha value is -3.25. The molecule has 0 bridgehead atoms. The summed E-state index contributed by atoms with van der Waals surface area (Å²) in [5.74, 6) is 0.528. The maximum absolute atomic E-state index is 11.5. The van der Waals surface area contributed by atoms with Crippen LogP contribution in [0.5, 0.6) is 0 Å². The van der Waals surface area contributed by atoms with Crippen LogP contribution in [0.1, 0.15) is 33.1 Å². The van der Waals surface area contributed by atoms with E-state index in [0.29, 0.717) is 31.8 Å². The second kappa shape index (κ2) is 9.71. The summed E-state index contributed by atoms with van der Waals surface area (Å²) in [5, 5.41) is 5.37. The number of aromatic nitrogens is 1. The average molecular weight is 419 g/mol. The lowest BCUT2D eigenvalue weighted by molar-refractivity contribution is -0.569. The number of nitrogens with zero attached hydrogens (tertiary/aromatic N) is 2. The second-order valence-electron chi connectivity index (χ2n) is 7.51. The zero-order chi connectivity index (χ0) is 21.6. The van der Waals surface area contributed by atoms with Gasteiger partial charge in [-0.2, -0.15) is 0 Å². The number of carbonyl (C=O) groups is 1. The third-order valence-electron chi connectivity index (χ3n) is 5.20. The summed E-state index contributed by atoms with van der Waals surface area (Å²) in [4.78, 5) is 20.9.